The van der Waals surface area contributed by atoms with Gasteiger partial charge in [-0.15, -0.1) is 0 Å². The summed E-state index contributed by atoms with van der Waals surface area (Å²) < 4.78 is 26.1. The van der Waals surface area contributed by atoms with Gasteiger partial charge in [-0.25, -0.2) is 8.78 Å². The fourth-order valence-electron chi connectivity index (χ4n) is 2.51. The first-order chi connectivity index (χ1) is 9.38. The van der Waals surface area contributed by atoms with Crippen LogP contribution in [0.25, 0.3) is 0 Å². The second-order valence-corrected chi connectivity index (χ2v) is 5.75. The number of benzene rings is 1. The normalized spacial score (nSPS) is 26.3. The number of aliphatic hydroxyl groups is 1. The summed E-state index contributed by atoms with van der Waals surface area (Å²) in [5.41, 5.74) is -0.983. The second-order valence-electron chi connectivity index (χ2n) is 5.75. The van der Waals surface area contributed by atoms with Crippen molar-refractivity contribution in [2.24, 2.45) is 5.92 Å². The van der Waals surface area contributed by atoms with Gasteiger partial charge in [0.1, 0.15) is 11.6 Å². The van der Waals surface area contributed by atoms with Crippen LogP contribution in [0, 0.1) is 17.6 Å². The Labute approximate surface area is 117 Å². The standard InChI is InChI=1S/C15H19F2NO2/c1-10-2-4-15(20,5-3-10)9-18-14(19)11-6-12(16)8-13(17)7-11/h6-8,10,20H,2-5,9H2,1H3,(H,18,19). The summed E-state index contributed by atoms with van der Waals surface area (Å²) in [6.07, 6.45) is 3.10. The number of halogens is 2. The van der Waals surface area contributed by atoms with Gasteiger partial charge in [-0.2, -0.15) is 0 Å². The summed E-state index contributed by atoms with van der Waals surface area (Å²) in [6.45, 7) is 2.24. The van der Waals surface area contributed by atoms with Gasteiger partial charge >= 0.3 is 0 Å². The minimum Gasteiger partial charge on any atom is -0.388 e. The third kappa shape index (κ3) is 3.76. The van der Waals surface area contributed by atoms with Crippen molar-refractivity contribution >= 4 is 5.91 Å². The first kappa shape index (κ1) is 14.9. The molecule has 2 rings (SSSR count). The maximum absolute atomic E-state index is 13.0. The van der Waals surface area contributed by atoms with Crippen LogP contribution in [-0.2, 0) is 0 Å². The van der Waals surface area contributed by atoms with E-state index >= 15 is 0 Å². The molecule has 20 heavy (non-hydrogen) atoms. The van der Waals surface area contributed by atoms with Crippen LogP contribution in [0.4, 0.5) is 8.78 Å². The van der Waals surface area contributed by atoms with Crippen LogP contribution >= 0.6 is 0 Å². The average Bonchev–Trinajstić information content (AvgIpc) is 2.39. The molecule has 5 heteroatoms. The van der Waals surface area contributed by atoms with Crippen LogP contribution < -0.4 is 5.32 Å². The number of carbonyl (C=O) groups is 1. The van der Waals surface area contributed by atoms with Gasteiger partial charge in [0.25, 0.3) is 5.91 Å². The van der Waals surface area contributed by atoms with Gasteiger partial charge in [0, 0.05) is 18.2 Å². The lowest BCUT2D eigenvalue weighted by atomic mass is 9.79. The molecule has 3 nitrogen and oxygen atoms in total. The smallest absolute Gasteiger partial charge is 0.251 e. The Morgan fingerprint density at radius 2 is 1.85 bits per heavy atom. The number of rotatable bonds is 3. The van der Waals surface area contributed by atoms with Gasteiger partial charge in [-0.1, -0.05) is 6.92 Å². The van der Waals surface area contributed by atoms with Gasteiger partial charge in [-0.05, 0) is 43.7 Å². The highest BCUT2D eigenvalue weighted by Gasteiger charge is 2.32. The number of nitrogens with one attached hydrogen (secondary N) is 1. The van der Waals surface area contributed by atoms with E-state index in [0.717, 1.165) is 25.0 Å². The predicted octanol–water partition coefficient (Wildman–Crippen LogP) is 2.64. The van der Waals surface area contributed by atoms with Crippen LogP contribution in [0.5, 0.6) is 0 Å². The Kier molecular flexibility index (Phi) is 4.38. The van der Waals surface area contributed by atoms with Gasteiger partial charge in [0.15, 0.2) is 0 Å². The Hall–Kier alpha value is -1.49. The maximum Gasteiger partial charge on any atom is 0.251 e. The van der Waals surface area contributed by atoms with E-state index in [-0.39, 0.29) is 12.1 Å². The average molecular weight is 283 g/mol. The first-order valence-corrected chi connectivity index (χ1v) is 6.85. The molecule has 1 amide bonds. The largest absolute Gasteiger partial charge is 0.388 e. The van der Waals surface area contributed by atoms with Gasteiger partial charge < -0.3 is 10.4 Å². The Morgan fingerprint density at radius 3 is 2.40 bits per heavy atom. The van der Waals surface area contributed by atoms with Crippen molar-refractivity contribution in [3.8, 4) is 0 Å². The maximum atomic E-state index is 13.0. The molecule has 0 spiro atoms. The van der Waals surface area contributed by atoms with Crippen LogP contribution in [0.15, 0.2) is 18.2 Å². The zero-order chi connectivity index (χ0) is 14.8. The van der Waals surface area contributed by atoms with E-state index in [0.29, 0.717) is 24.8 Å². The number of amides is 1. The molecule has 1 aliphatic rings. The molecule has 1 aromatic carbocycles. The van der Waals surface area contributed by atoms with E-state index in [1.165, 1.54) is 0 Å². The highest BCUT2D eigenvalue weighted by atomic mass is 19.1. The lowest BCUT2D eigenvalue weighted by Crippen LogP contribution is -2.45. The van der Waals surface area contributed by atoms with Crippen LogP contribution in [-0.4, -0.2) is 23.2 Å². The highest BCUT2D eigenvalue weighted by molar-refractivity contribution is 5.94. The molecule has 1 fully saturated rings. The molecule has 0 heterocycles. The third-order valence-electron chi connectivity index (χ3n) is 3.91. The monoisotopic (exact) mass is 283 g/mol. The van der Waals surface area contributed by atoms with E-state index in [1.54, 1.807) is 0 Å². The lowest BCUT2D eigenvalue weighted by molar-refractivity contribution is -0.00540. The van der Waals surface area contributed by atoms with Gasteiger partial charge in [-0.3, -0.25) is 4.79 Å². The molecular weight excluding hydrogens is 264 g/mol. The van der Waals surface area contributed by atoms with Crippen molar-refractivity contribution in [3.63, 3.8) is 0 Å². The molecule has 1 saturated carbocycles. The molecule has 110 valence electrons. The van der Waals surface area contributed by atoms with E-state index in [2.05, 4.69) is 12.2 Å². The summed E-state index contributed by atoms with van der Waals surface area (Å²) in [5.74, 6) is -1.57. The number of carbonyl (C=O) groups excluding carboxylic acids is 1. The zero-order valence-corrected chi connectivity index (χ0v) is 11.5. The minimum absolute atomic E-state index is 0.0738. The van der Waals surface area contributed by atoms with E-state index < -0.39 is 23.1 Å². The molecule has 0 aromatic heterocycles. The lowest BCUT2D eigenvalue weighted by Gasteiger charge is -2.34. The molecule has 2 N–H and O–H groups in total. The van der Waals surface area contributed by atoms with Gasteiger partial charge in [0.2, 0.25) is 0 Å². The summed E-state index contributed by atoms with van der Waals surface area (Å²) in [6, 6.07) is 2.67. The van der Waals surface area contributed by atoms with E-state index in [9.17, 15) is 18.7 Å². The number of hydrogen-bond donors (Lipinski definition) is 2. The van der Waals surface area contributed by atoms with Crippen molar-refractivity contribution in [1.82, 2.24) is 5.32 Å². The van der Waals surface area contributed by atoms with Crippen LogP contribution in [0.3, 0.4) is 0 Å². The molecule has 0 radical (unpaired) electrons. The summed E-state index contributed by atoms with van der Waals surface area (Å²) in [5, 5.41) is 12.9. The minimum atomic E-state index is -0.909. The second kappa shape index (κ2) is 5.87. The van der Waals surface area contributed by atoms with Crippen molar-refractivity contribution in [3.05, 3.63) is 35.4 Å². The Bertz CT molecular complexity index is 476. The SMILES string of the molecule is CC1CCC(O)(CNC(=O)c2cc(F)cc(F)c2)CC1. The van der Waals surface area contributed by atoms with E-state index in [4.69, 9.17) is 0 Å². The van der Waals surface area contributed by atoms with Crippen molar-refractivity contribution in [1.29, 1.82) is 0 Å². The topological polar surface area (TPSA) is 49.3 Å². The Morgan fingerprint density at radius 1 is 1.30 bits per heavy atom. The summed E-state index contributed by atoms with van der Waals surface area (Å²) in [4.78, 5) is 11.8. The van der Waals surface area contributed by atoms with Crippen molar-refractivity contribution < 1.29 is 18.7 Å². The third-order valence-corrected chi connectivity index (χ3v) is 3.91. The molecule has 0 aliphatic heterocycles. The highest BCUT2D eigenvalue weighted by Crippen LogP contribution is 2.31. The first-order valence-electron chi connectivity index (χ1n) is 6.85. The molecule has 0 atom stereocenters. The summed E-state index contributed by atoms with van der Waals surface area (Å²) in [7, 11) is 0. The van der Waals surface area contributed by atoms with Gasteiger partial charge in [0.05, 0.1) is 5.60 Å². The van der Waals surface area contributed by atoms with E-state index in [1.807, 2.05) is 0 Å². The molecular formula is C15H19F2NO2. The predicted molar refractivity (Wildman–Crippen MR) is 71.3 cm³/mol. The van der Waals surface area contributed by atoms with Crippen molar-refractivity contribution in [2.45, 2.75) is 38.2 Å². The molecule has 0 saturated heterocycles. The quantitative estimate of drug-likeness (QED) is 0.896. The zero-order valence-electron chi connectivity index (χ0n) is 11.5. The Balaban J connectivity index is 1.95. The summed E-state index contributed by atoms with van der Waals surface area (Å²) >= 11 is 0. The molecule has 1 aromatic rings. The molecule has 0 unspecified atom stereocenters. The van der Waals surface area contributed by atoms with Crippen LogP contribution in [0.1, 0.15) is 43.0 Å². The fourth-order valence-corrected chi connectivity index (χ4v) is 2.51. The fraction of sp³-hybridized carbons (Fsp3) is 0.533. The number of hydrogen-bond acceptors (Lipinski definition) is 2. The molecule has 1 aliphatic carbocycles. The molecule has 0 bridgehead atoms. The van der Waals surface area contributed by atoms with Crippen molar-refractivity contribution in [2.75, 3.05) is 6.54 Å². The van der Waals surface area contributed by atoms with Crippen LogP contribution in [0.2, 0.25) is 0 Å².